The third-order valence-electron chi connectivity index (χ3n) is 4.85. The van der Waals surface area contributed by atoms with Crippen LogP contribution in [0.15, 0.2) is 18.2 Å². The highest BCUT2D eigenvalue weighted by molar-refractivity contribution is 5.90. The molecule has 2 heterocycles. The first kappa shape index (κ1) is 18.0. The van der Waals surface area contributed by atoms with Crippen molar-refractivity contribution in [3.8, 4) is 6.07 Å². The van der Waals surface area contributed by atoms with Crippen LogP contribution < -0.4 is 15.1 Å². The van der Waals surface area contributed by atoms with E-state index in [2.05, 4.69) is 11.4 Å². The molecule has 2 aliphatic heterocycles. The number of nitrogens with one attached hydrogen (secondary N) is 1. The Morgan fingerprint density at radius 3 is 2.85 bits per heavy atom. The number of ether oxygens (including phenoxy) is 1. The maximum atomic E-state index is 14.6. The van der Waals surface area contributed by atoms with Gasteiger partial charge in [0.1, 0.15) is 11.9 Å². The maximum absolute atomic E-state index is 14.6. The first-order chi connectivity index (χ1) is 12.4. The van der Waals surface area contributed by atoms with E-state index in [4.69, 9.17) is 10.00 Å². The van der Waals surface area contributed by atoms with Gasteiger partial charge in [-0.3, -0.25) is 9.69 Å². The zero-order valence-corrected chi connectivity index (χ0v) is 14.7. The van der Waals surface area contributed by atoms with Crippen LogP contribution in [0.25, 0.3) is 0 Å². The summed E-state index contributed by atoms with van der Waals surface area (Å²) in [6, 6.07) is 6.77. The van der Waals surface area contributed by atoms with E-state index in [1.165, 1.54) is 17.9 Å². The molecule has 7 nitrogen and oxygen atoms in total. The number of hydrogen-bond acceptors (Lipinski definition) is 5. The van der Waals surface area contributed by atoms with E-state index in [0.717, 1.165) is 0 Å². The van der Waals surface area contributed by atoms with Gasteiger partial charge in [-0.25, -0.2) is 9.18 Å². The molecule has 3 atom stereocenters. The SMILES string of the molecule is CC(=O)NC[C@H]1CN(c2ccc(N3C[C@H](C)[C@@H]3CC#N)c(F)c2)C(=O)O1. The van der Waals surface area contributed by atoms with Gasteiger partial charge in [-0.2, -0.15) is 5.26 Å². The first-order valence-electron chi connectivity index (χ1n) is 8.56. The highest BCUT2D eigenvalue weighted by atomic mass is 19.1. The number of rotatable bonds is 5. The summed E-state index contributed by atoms with van der Waals surface area (Å²) in [5, 5.41) is 11.5. The maximum Gasteiger partial charge on any atom is 0.414 e. The Morgan fingerprint density at radius 2 is 2.23 bits per heavy atom. The average Bonchev–Trinajstić information content (AvgIpc) is 2.97. The van der Waals surface area contributed by atoms with E-state index in [0.29, 0.717) is 30.3 Å². The van der Waals surface area contributed by atoms with Crippen LogP contribution >= 0.6 is 0 Å². The van der Waals surface area contributed by atoms with Gasteiger partial charge >= 0.3 is 6.09 Å². The molecule has 0 aliphatic carbocycles. The first-order valence-corrected chi connectivity index (χ1v) is 8.56. The van der Waals surface area contributed by atoms with Crippen LogP contribution in [0.3, 0.4) is 0 Å². The fraction of sp³-hybridized carbons (Fsp3) is 0.500. The third-order valence-corrected chi connectivity index (χ3v) is 4.85. The number of cyclic esters (lactones) is 1. The van der Waals surface area contributed by atoms with Crippen molar-refractivity contribution in [2.75, 3.05) is 29.4 Å². The van der Waals surface area contributed by atoms with Crippen molar-refractivity contribution in [2.24, 2.45) is 5.92 Å². The molecule has 1 aromatic rings. The summed E-state index contributed by atoms with van der Waals surface area (Å²) in [5.41, 5.74) is 0.849. The summed E-state index contributed by atoms with van der Waals surface area (Å²) in [6.07, 6.45) is -0.677. The van der Waals surface area contributed by atoms with Crippen molar-refractivity contribution in [3.63, 3.8) is 0 Å². The lowest BCUT2D eigenvalue weighted by Gasteiger charge is -2.47. The molecule has 0 spiro atoms. The van der Waals surface area contributed by atoms with Crippen molar-refractivity contribution in [1.82, 2.24) is 5.32 Å². The molecule has 0 aromatic heterocycles. The number of amides is 2. The molecule has 0 saturated carbocycles. The summed E-state index contributed by atoms with van der Waals surface area (Å²) in [4.78, 5) is 26.2. The Bertz CT molecular complexity index is 763. The van der Waals surface area contributed by atoms with E-state index in [1.54, 1.807) is 12.1 Å². The van der Waals surface area contributed by atoms with Crippen LogP contribution in [0, 0.1) is 23.1 Å². The minimum atomic E-state index is -0.563. The van der Waals surface area contributed by atoms with Gasteiger partial charge in [0.2, 0.25) is 5.91 Å². The Balaban J connectivity index is 1.71. The molecule has 1 aromatic carbocycles. The quantitative estimate of drug-likeness (QED) is 0.868. The van der Waals surface area contributed by atoms with Crippen LogP contribution in [0.5, 0.6) is 0 Å². The highest BCUT2D eigenvalue weighted by Gasteiger charge is 2.37. The largest absolute Gasteiger partial charge is 0.442 e. The van der Waals surface area contributed by atoms with Crippen molar-refractivity contribution in [1.29, 1.82) is 5.26 Å². The molecular formula is C18H21FN4O3. The number of nitriles is 1. The predicted octanol–water partition coefficient (Wildman–Crippen LogP) is 2.03. The fourth-order valence-electron chi connectivity index (χ4n) is 3.41. The van der Waals surface area contributed by atoms with Crippen molar-refractivity contribution in [2.45, 2.75) is 32.4 Å². The molecule has 3 rings (SSSR count). The van der Waals surface area contributed by atoms with Gasteiger partial charge in [0.25, 0.3) is 0 Å². The molecule has 2 amide bonds. The molecule has 26 heavy (non-hydrogen) atoms. The normalized spacial score (nSPS) is 24.7. The smallest absolute Gasteiger partial charge is 0.414 e. The number of nitrogens with zero attached hydrogens (tertiary/aromatic N) is 3. The van der Waals surface area contributed by atoms with Gasteiger partial charge in [0.05, 0.1) is 37.0 Å². The number of benzene rings is 1. The lowest BCUT2D eigenvalue weighted by molar-refractivity contribution is -0.119. The van der Waals surface area contributed by atoms with Gasteiger partial charge in [-0.05, 0) is 24.1 Å². The molecule has 0 radical (unpaired) electrons. The van der Waals surface area contributed by atoms with Crippen LogP contribution in [0.2, 0.25) is 0 Å². The Labute approximate surface area is 151 Å². The van der Waals surface area contributed by atoms with E-state index >= 15 is 0 Å². The molecule has 2 fully saturated rings. The van der Waals surface area contributed by atoms with Crippen molar-refractivity contribution in [3.05, 3.63) is 24.0 Å². The number of carbonyl (C=O) groups is 2. The minimum Gasteiger partial charge on any atom is -0.442 e. The van der Waals surface area contributed by atoms with E-state index in [1.807, 2.05) is 11.8 Å². The standard InChI is InChI=1S/C18H21FN4O3/c1-11-9-23(16(11)5-6-20)17-4-3-13(7-15(17)19)22-10-14(26-18(22)25)8-21-12(2)24/h3-4,7,11,14,16H,5,8-10H2,1-2H3,(H,21,24)/t11-,14-,16-/m0/s1. The zero-order valence-electron chi connectivity index (χ0n) is 14.7. The average molecular weight is 360 g/mol. The molecule has 1 N–H and O–H groups in total. The Morgan fingerprint density at radius 1 is 1.46 bits per heavy atom. The number of hydrogen-bond donors (Lipinski definition) is 1. The topological polar surface area (TPSA) is 85.7 Å². The third kappa shape index (κ3) is 3.43. The van der Waals surface area contributed by atoms with Gasteiger partial charge in [-0.1, -0.05) is 6.92 Å². The highest BCUT2D eigenvalue weighted by Crippen LogP contribution is 2.36. The number of anilines is 2. The Hall–Kier alpha value is -2.82. The van der Waals surface area contributed by atoms with Gasteiger partial charge in [-0.15, -0.1) is 0 Å². The monoisotopic (exact) mass is 360 g/mol. The second-order valence-electron chi connectivity index (χ2n) is 6.75. The minimum absolute atomic E-state index is 0.0131. The number of halogens is 1. The van der Waals surface area contributed by atoms with Gasteiger partial charge in [0.15, 0.2) is 0 Å². The molecule has 2 saturated heterocycles. The molecule has 0 unspecified atom stereocenters. The Kier molecular flexibility index (Phi) is 4.98. The summed E-state index contributed by atoms with van der Waals surface area (Å²) in [6.45, 7) is 4.60. The van der Waals surface area contributed by atoms with Crippen LogP contribution in [-0.2, 0) is 9.53 Å². The molecule has 138 valence electrons. The molecular weight excluding hydrogens is 339 g/mol. The molecule has 8 heteroatoms. The second kappa shape index (κ2) is 7.20. The molecule has 0 bridgehead atoms. The van der Waals surface area contributed by atoms with Gasteiger partial charge < -0.3 is 15.0 Å². The molecule has 2 aliphatic rings. The summed E-state index contributed by atoms with van der Waals surface area (Å²) in [5.74, 6) is -0.294. The van der Waals surface area contributed by atoms with E-state index in [-0.39, 0.29) is 25.0 Å². The van der Waals surface area contributed by atoms with Crippen LogP contribution in [0.1, 0.15) is 20.3 Å². The summed E-state index contributed by atoms with van der Waals surface area (Å²) < 4.78 is 19.8. The predicted molar refractivity (Wildman–Crippen MR) is 93.2 cm³/mol. The van der Waals surface area contributed by atoms with Crippen molar-refractivity contribution < 1.29 is 18.7 Å². The van der Waals surface area contributed by atoms with Crippen LogP contribution in [0.4, 0.5) is 20.6 Å². The second-order valence-corrected chi connectivity index (χ2v) is 6.75. The lowest BCUT2D eigenvalue weighted by atomic mass is 9.87. The fourth-order valence-corrected chi connectivity index (χ4v) is 3.41. The lowest BCUT2D eigenvalue weighted by Crippen LogP contribution is -2.55. The van der Waals surface area contributed by atoms with E-state index in [9.17, 15) is 14.0 Å². The zero-order chi connectivity index (χ0) is 18.8. The summed E-state index contributed by atoms with van der Waals surface area (Å²) >= 11 is 0. The van der Waals surface area contributed by atoms with Gasteiger partial charge in [0, 0.05) is 19.5 Å². The van der Waals surface area contributed by atoms with Crippen molar-refractivity contribution >= 4 is 23.4 Å². The van der Waals surface area contributed by atoms with E-state index < -0.39 is 18.0 Å². The van der Waals surface area contributed by atoms with Crippen LogP contribution in [-0.4, -0.2) is 43.8 Å². The summed E-state index contributed by atoms with van der Waals surface area (Å²) in [7, 11) is 0. The number of carbonyl (C=O) groups excluding carboxylic acids is 2.